The number of piperidine rings is 1. The lowest BCUT2D eigenvalue weighted by Gasteiger charge is -2.35. The number of thioether (sulfide) groups is 1. The smallest absolute Gasteiger partial charge is 0.224 e. The summed E-state index contributed by atoms with van der Waals surface area (Å²) in [5, 5.41) is 2.93. The Kier molecular flexibility index (Phi) is 7.78. The first-order valence-corrected chi connectivity index (χ1v) is 9.83. The van der Waals surface area contributed by atoms with Gasteiger partial charge < -0.3 is 15.1 Å². The minimum Gasteiger partial charge on any atom is -0.352 e. The first kappa shape index (κ1) is 19.8. The number of carbonyl (C=O) groups is 2. The van der Waals surface area contributed by atoms with Crippen LogP contribution in [-0.4, -0.2) is 66.6 Å². The molecule has 1 atom stereocenters. The molecule has 0 radical (unpaired) electrons. The molecule has 0 saturated carbocycles. The highest BCUT2D eigenvalue weighted by Crippen LogP contribution is 2.20. The van der Waals surface area contributed by atoms with Crippen molar-refractivity contribution in [1.29, 1.82) is 0 Å². The maximum absolute atomic E-state index is 12.6. The molecule has 1 aromatic rings. The van der Waals surface area contributed by atoms with E-state index in [1.54, 1.807) is 11.8 Å². The molecule has 0 aliphatic carbocycles. The van der Waals surface area contributed by atoms with E-state index in [2.05, 4.69) is 24.3 Å². The molecule has 6 heteroatoms. The lowest BCUT2D eigenvalue weighted by molar-refractivity contribution is -0.133. The molecule has 2 rings (SSSR count). The minimum atomic E-state index is -0.137. The zero-order chi connectivity index (χ0) is 18.2. The summed E-state index contributed by atoms with van der Waals surface area (Å²) in [6.07, 6.45) is 2.40. The maximum atomic E-state index is 12.6. The first-order valence-electron chi connectivity index (χ1n) is 8.85. The van der Waals surface area contributed by atoms with Gasteiger partial charge in [0.2, 0.25) is 11.8 Å². The predicted octanol–water partition coefficient (Wildman–Crippen LogP) is 2.23. The average Bonchev–Trinajstić information content (AvgIpc) is 2.60. The van der Waals surface area contributed by atoms with Crippen LogP contribution in [0.2, 0.25) is 0 Å². The summed E-state index contributed by atoms with van der Waals surface area (Å²) < 4.78 is 0. The van der Waals surface area contributed by atoms with Crippen LogP contribution in [0.5, 0.6) is 0 Å². The molecule has 1 aliphatic rings. The highest BCUT2D eigenvalue weighted by atomic mass is 32.2. The molecular weight excluding hydrogens is 334 g/mol. The van der Waals surface area contributed by atoms with Gasteiger partial charge in [-0.05, 0) is 39.1 Å². The Morgan fingerprint density at radius 3 is 2.44 bits per heavy atom. The molecule has 1 heterocycles. The Balaban J connectivity index is 1.86. The first-order chi connectivity index (χ1) is 12.0. The number of amides is 2. The molecule has 138 valence electrons. The summed E-state index contributed by atoms with van der Waals surface area (Å²) in [6, 6.07) is 10.5. The van der Waals surface area contributed by atoms with E-state index in [-0.39, 0.29) is 17.9 Å². The SMILES string of the molecule is CC(=O)N[C@@H](CSc1ccccc1)CC(=O)N1CCC(N(C)C)CC1. The number of rotatable bonds is 7. The molecule has 1 fully saturated rings. The quantitative estimate of drug-likeness (QED) is 0.755. The molecule has 1 N–H and O–H groups in total. The summed E-state index contributed by atoms with van der Waals surface area (Å²) in [6.45, 7) is 3.12. The molecule has 25 heavy (non-hydrogen) atoms. The minimum absolute atomic E-state index is 0.0854. The van der Waals surface area contributed by atoms with Crippen molar-refractivity contribution in [2.24, 2.45) is 0 Å². The van der Waals surface area contributed by atoms with Crippen LogP contribution in [0.4, 0.5) is 0 Å². The van der Waals surface area contributed by atoms with Crippen molar-refractivity contribution in [3.05, 3.63) is 30.3 Å². The molecule has 0 bridgehead atoms. The highest BCUT2D eigenvalue weighted by molar-refractivity contribution is 7.99. The third-order valence-electron chi connectivity index (χ3n) is 4.57. The van der Waals surface area contributed by atoms with Crippen LogP contribution in [0.3, 0.4) is 0 Å². The molecule has 0 aromatic heterocycles. The van der Waals surface area contributed by atoms with E-state index in [1.807, 2.05) is 35.2 Å². The normalized spacial score (nSPS) is 16.7. The van der Waals surface area contributed by atoms with Crippen LogP contribution in [0.25, 0.3) is 0 Å². The molecule has 0 spiro atoms. The number of benzene rings is 1. The van der Waals surface area contributed by atoms with Gasteiger partial charge >= 0.3 is 0 Å². The largest absolute Gasteiger partial charge is 0.352 e. The predicted molar refractivity (Wildman–Crippen MR) is 103 cm³/mol. The molecule has 1 aliphatic heterocycles. The summed E-state index contributed by atoms with van der Waals surface area (Å²) in [7, 11) is 4.19. The number of hydrogen-bond acceptors (Lipinski definition) is 4. The average molecular weight is 364 g/mol. The number of likely N-dealkylation sites (tertiary alicyclic amines) is 1. The Labute approximate surface area is 155 Å². The fraction of sp³-hybridized carbons (Fsp3) is 0.579. The summed E-state index contributed by atoms with van der Waals surface area (Å²) in [5.74, 6) is 0.756. The third-order valence-corrected chi connectivity index (χ3v) is 5.74. The van der Waals surface area contributed by atoms with Crippen molar-refractivity contribution >= 4 is 23.6 Å². The van der Waals surface area contributed by atoms with Gasteiger partial charge in [-0.1, -0.05) is 18.2 Å². The van der Waals surface area contributed by atoms with Crippen LogP contribution >= 0.6 is 11.8 Å². The number of nitrogens with one attached hydrogen (secondary N) is 1. The molecule has 0 unspecified atom stereocenters. The van der Waals surface area contributed by atoms with Crippen molar-refractivity contribution in [3.63, 3.8) is 0 Å². The monoisotopic (exact) mass is 363 g/mol. The Hall–Kier alpha value is -1.53. The number of hydrogen-bond donors (Lipinski definition) is 1. The van der Waals surface area contributed by atoms with Gasteiger partial charge in [-0.25, -0.2) is 0 Å². The van der Waals surface area contributed by atoms with Gasteiger partial charge in [0.25, 0.3) is 0 Å². The van der Waals surface area contributed by atoms with Crippen LogP contribution in [0.15, 0.2) is 35.2 Å². The van der Waals surface area contributed by atoms with Gasteiger partial charge in [-0.2, -0.15) is 0 Å². The molecule has 5 nitrogen and oxygen atoms in total. The fourth-order valence-electron chi connectivity index (χ4n) is 3.12. The number of carbonyl (C=O) groups excluding carboxylic acids is 2. The summed E-state index contributed by atoms with van der Waals surface area (Å²) in [4.78, 5) is 29.5. The Morgan fingerprint density at radius 2 is 1.88 bits per heavy atom. The fourth-order valence-corrected chi connectivity index (χ4v) is 4.07. The van der Waals surface area contributed by atoms with E-state index >= 15 is 0 Å². The van der Waals surface area contributed by atoms with Crippen molar-refractivity contribution in [2.75, 3.05) is 32.9 Å². The lowest BCUT2D eigenvalue weighted by atomic mass is 10.0. The van der Waals surface area contributed by atoms with Gasteiger partial charge in [0, 0.05) is 49.2 Å². The van der Waals surface area contributed by atoms with Gasteiger partial charge in [0.05, 0.1) is 0 Å². The van der Waals surface area contributed by atoms with Crippen LogP contribution in [0.1, 0.15) is 26.2 Å². The van der Waals surface area contributed by atoms with Crippen molar-refractivity contribution < 1.29 is 9.59 Å². The zero-order valence-corrected chi connectivity index (χ0v) is 16.2. The van der Waals surface area contributed by atoms with Crippen LogP contribution in [-0.2, 0) is 9.59 Å². The van der Waals surface area contributed by atoms with Gasteiger partial charge in [0.1, 0.15) is 0 Å². The standard InChI is InChI=1S/C19H29N3O2S/c1-15(23)20-16(14-25-18-7-5-4-6-8-18)13-19(24)22-11-9-17(10-12-22)21(2)3/h4-8,16-17H,9-14H2,1-3H3,(H,20,23)/t16-/m1/s1. The lowest BCUT2D eigenvalue weighted by Crippen LogP contribution is -2.47. The molecule has 2 amide bonds. The van der Waals surface area contributed by atoms with E-state index in [0.29, 0.717) is 18.2 Å². The molecular formula is C19H29N3O2S. The second-order valence-corrected chi connectivity index (χ2v) is 7.89. The van der Waals surface area contributed by atoms with E-state index in [9.17, 15) is 9.59 Å². The second kappa shape index (κ2) is 9.82. The number of nitrogens with zero attached hydrogens (tertiary/aromatic N) is 2. The zero-order valence-electron chi connectivity index (χ0n) is 15.4. The van der Waals surface area contributed by atoms with Crippen LogP contribution < -0.4 is 5.32 Å². The molecule has 1 saturated heterocycles. The van der Waals surface area contributed by atoms with Gasteiger partial charge in [-0.15, -0.1) is 11.8 Å². The second-order valence-electron chi connectivity index (χ2n) is 6.80. The van der Waals surface area contributed by atoms with Gasteiger partial charge in [0.15, 0.2) is 0 Å². The van der Waals surface area contributed by atoms with Gasteiger partial charge in [-0.3, -0.25) is 9.59 Å². The van der Waals surface area contributed by atoms with Crippen molar-refractivity contribution in [3.8, 4) is 0 Å². The Morgan fingerprint density at radius 1 is 1.24 bits per heavy atom. The topological polar surface area (TPSA) is 52.7 Å². The van der Waals surface area contributed by atoms with Crippen molar-refractivity contribution in [1.82, 2.24) is 15.1 Å². The highest BCUT2D eigenvalue weighted by Gasteiger charge is 2.25. The van der Waals surface area contributed by atoms with Crippen LogP contribution in [0, 0.1) is 0 Å². The van der Waals surface area contributed by atoms with E-state index in [0.717, 1.165) is 30.8 Å². The van der Waals surface area contributed by atoms with E-state index in [1.165, 1.54) is 6.92 Å². The third kappa shape index (κ3) is 6.71. The summed E-state index contributed by atoms with van der Waals surface area (Å²) >= 11 is 1.67. The summed E-state index contributed by atoms with van der Waals surface area (Å²) in [5.41, 5.74) is 0. The molecule has 1 aromatic carbocycles. The maximum Gasteiger partial charge on any atom is 0.224 e. The Bertz CT molecular complexity index is 557. The van der Waals surface area contributed by atoms with E-state index in [4.69, 9.17) is 0 Å². The van der Waals surface area contributed by atoms with E-state index < -0.39 is 0 Å². The van der Waals surface area contributed by atoms with Crippen molar-refractivity contribution in [2.45, 2.75) is 43.2 Å².